The summed E-state index contributed by atoms with van der Waals surface area (Å²) >= 11 is 0. The number of nitrogens with two attached hydrogens (primary N) is 1. The molecule has 0 bridgehead atoms. The van der Waals surface area contributed by atoms with Gasteiger partial charge < -0.3 is 15.8 Å². The van der Waals surface area contributed by atoms with E-state index in [2.05, 4.69) is 15.0 Å². The van der Waals surface area contributed by atoms with Crippen LogP contribution in [0.1, 0.15) is 22.8 Å². The number of pyridine rings is 1. The molecule has 2 aromatic rings. The van der Waals surface area contributed by atoms with Gasteiger partial charge in [-0.15, -0.1) is 13.2 Å². The standard InChI is InChI=1S/C18H15F3N4O4/c1-17(8-10-6-7-23-9-13(10)14(22)26)15(27)25(16(28)24-17)11-2-4-12(5-3-11)29-18(19,20)21/h2-7,9H,8H2,1H3,(H2,22,26)(H,24,28). The van der Waals surface area contributed by atoms with Crippen molar-refractivity contribution in [1.82, 2.24) is 10.3 Å². The highest BCUT2D eigenvalue weighted by Gasteiger charge is 2.48. The number of anilines is 1. The van der Waals surface area contributed by atoms with Crippen molar-refractivity contribution in [2.75, 3.05) is 4.90 Å². The molecule has 0 saturated carbocycles. The van der Waals surface area contributed by atoms with Gasteiger partial charge in [0, 0.05) is 18.8 Å². The third-order valence-electron chi connectivity index (χ3n) is 4.31. The van der Waals surface area contributed by atoms with Crippen LogP contribution in [-0.4, -0.2) is 34.7 Å². The zero-order valence-corrected chi connectivity index (χ0v) is 15.0. The first-order valence-electron chi connectivity index (χ1n) is 8.25. The lowest BCUT2D eigenvalue weighted by Gasteiger charge is -2.22. The van der Waals surface area contributed by atoms with Crippen LogP contribution in [0.25, 0.3) is 0 Å². The number of carbonyl (C=O) groups excluding carboxylic acids is 3. The largest absolute Gasteiger partial charge is 0.573 e. The highest BCUT2D eigenvalue weighted by atomic mass is 19.4. The maximum absolute atomic E-state index is 12.9. The number of imide groups is 1. The molecule has 1 atom stereocenters. The normalized spacial score (nSPS) is 19.2. The molecule has 2 heterocycles. The van der Waals surface area contributed by atoms with E-state index < -0.39 is 35.5 Å². The number of aromatic nitrogens is 1. The van der Waals surface area contributed by atoms with Crippen LogP contribution in [0, 0.1) is 0 Å². The number of hydrogen-bond acceptors (Lipinski definition) is 5. The molecule has 1 aromatic heterocycles. The predicted molar refractivity (Wildman–Crippen MR) is 94.0 cm³/mol. The average molecular weight is 408 g/mol. The molecule has 8 nitrogen and oxygen atoms in total. The molecule has 0 radical (unpaired) electrons. The molecule has 3 rings (SSSR count). The summed E-state index contributed by atoms with van der Waals surface area (Å²) in [6.07, 6.45) is -2.21. The second-order valence-corrected chi connectivity index (χ2v) is 6.52. The Morgan fingerprint density at radius 3 is 2.48 bits per heavy atom. The van der Waals surface area contributed by atoms with Crippen molar-refractivity contribution in [3.8, 4) is 5.75 Å². The van der Waals surface area contributed by atoms with Gasteiger partial charge >= 0.3 is 12.4 Å². The van der Waals surface area contributed by atoms with E-state index in [9.17, 15) is 27.6 Å². The number of urea groups is 1. The van der Waals surface area contributed by atoms with Gasteiger partial charge in [0.15, 0.2) is 0 Å². The third kappa shape index (κ3) is 4.13. The van der Waals surface area contributed by atoms with E-state index in [4.69, 9.17) is 5.73 Å². The number of carbonyl (C=O) groups is 3. The second kappa shape index (κ2) is 7.08. The van der Waals surface area contributed by atoms with Crippen LogP contribution in [0.15, 0.2) is 42.7 Å². The molecule has 152 valence electrons. The van der Waals surface area contributed by atoms with E-state index in [0.717, 1.165) is 29.2 Å². The Kier molecular flexibility index (Phi) is 4.91. The Morgan fingerprint density at radius 2 is 1.90 bits per heavy atom. The minimum absolute atomic E-state index is 0.0376. The van der Waals surface area contributed by atoms with Gasteiger partial charge in [-0.25, -0.2) is 9.69 Å². The average Bonchev–Trinajstić information content (AvgIpc) is 2.83. The second-order valence-electron chi connectivity index (χ2n) is 6.52. The van der Waals surface area contributed by atoms with Gasteiger partial charge in [0.05, 0.1) is 11.3 Å². The lowest BCUT2D eigenvalue weighted by molar-refractivity contribution is -0.274. The third-order valence-corrected chi connectivity index (χ3v) is 4.31. The molecule has 3 N–H and O–H groups in total. The minimum atomic E-state index is -4.86. The fraction of sp³-hybridized carbons (Fsp3) is 0.222. The maximum atomic E-state index is 12.9. The molecule has 4 amide bonds. The van der Waals surface area contributed by atoms with Crippen LogP contribution in [0.3, 0.4) is 0 Å². The van der Waals surface area contributed by atoms with E-state index in [1.807, 2.05) is 0 Å². The van der Waals surface area contributed by atoms with E-state index >= 15 is 0 Å². The highest BCUT2D eigenvalue weighted by molar-refractivity contribution is 6.23. The summed E-state index contributed by atoms with van der Waals surface area (Å²) < 4.78 is 40.6. The van der Waals surface area contributed by atoms with Gasteiger partial charge in [0.1, 0.15) is 11.3 Å². The summed E-state index contributed by atoms with van der Waals surface area (Å²) in [7, 11) is 0. The quantitative estimate of drug-likeness (QED) is 0.736. The summed E-state index contributed by atoms with van der Waals surface area (Å²) in [5, 5.41) is 2.55. The first-order chi connectivity index (χ1) is 13.5. The number of nitrogens with one attached hydrogen (secondary N) is 1. The van der Waals surface area contributed by atoms with E-state index in [-0.39, 0.29) is 17.7 Å². The van der Waals surface area contributed by atoms with Crippen molar-refractivity contribution in [1.29, 1.82) is 0 Å². The van der Waals surface area contributed by atoms with Crippen LogP contribution in [0.2, 0.25) is 0 Å². The zero-order chi connectivity index (χ0) is 21.4. The molecule has 1 fully saturated rings. The van der Waals surface area contributed by atoms with Gasteiger partial charge in [0.25, 0.3) is 11.8 Å². The van der Waals surface area contributed by atoms with Crippen molar-refractivity contribution < 1.29 is 32.3 Å². The molecule has 0 spiro atoms. The van der Waals surface area contributed by atoms with Gasteiger partial charge in [-0.05, 0) is 42.8 Å². The summed E-state index contributed by atoms with van der Waals surface area (Å²) in [5.41, 5.74) is 4.51. The molecule has 11 heteroatoms. The number of benzene rings is 1. The Balaban J connectivity index is 1.85. The van der Waals surface area contributed by atoms with Crippen LogP contribution < -0.4 is 20.7 Å². The van der Waals surface area contributed by atoms with Gasteiger partial charge in [-0.1, -0.05) is 0 Å². The SMILES string of the molecule is CC1(Cc2ccncc2C(N)=O)NC(=O)N(c2ccc(OC(F)(F)F)cc2)C1=O. The molecule has 1 aliphatic heterocycles. The Bertz CT molecular complexity index is 978. The van der Waals surface area contributed by atoms with Crippen LogP contribution in [0.4, 0.5) is 23.7 Å². The van der Waals surface area contributed by atoms with Crippen LogP contribution in [-0.2, 0) is 11.2 Å². The van der Waals surface area contributed by atoms with Gasteiger partial charge in [0.2, 0.25) is 0 Å². The number of ether oxygens (including phenoxy) is 1. The smallest absolute Gasteiger partial charge is 0.406 e. The number of amides is 4. The number of alkyl halides is 3. The number of hydrogen-bond donors (Lipinski definition) is 2. The first-order valence-corrected chi connectivity index (χ1v) is 8.25. The molecule has 29 heavy (non-hydrogen) atoms. The van der Waals surface area contributed by atoms with E-state index in [1.165, 1.54) is 25.4 Å². The fourth-order valence-corrected chi connectivity index (χ4v) is 3.02. The van der Waals surface area contributed by atoms with Gasteiger partial charge in [-0.3, -0.25) is 14.6 Å². The topological polar surface area (TPSA) is 115 Å². The number of halogens is 3. The van der Waals surface area contributed by atoms with Gasteiger partial charge in [-0.2, -0.15) is 0 Å². The highest BCUT2D eigenvalue weighted by Crippen LogP contribution is 2.30. The minimum Gasteiger partial charge on any atom is -0.406 e. The van der Waals surface area contributed by atoms with E-state index in [1.54, 1.807) is 0 Å². The summed E-state index contributed by atoms with van der Waals surface area (Å²) in [4.78, 5) is 41.5. The summed E-state index contributed by atoms with van der Waals surface area (Å²) in [6.45, 7) is 1.47. The van der Waals surface area contributed by atoms with Crippen LogP contribution >= 0.6 is 0 Å². The fourth-order valence-electron chi connectivity index (χ4n) is 3.02. The molecule has 1 aliphatic rings. The van der Waals surface area contributed by atoms with Crippen molar-refractivity contribution in [2.45, 2.75) is 25.2 Å². The molecule has 0 aliphatic carbocycles. The van der Waals surface area contributed by atoms with Crippen LogP contribution in [0.5, 0.6) is 5.75 Å². The van der Waals surface area contributed by atoms with Crippen molar-refractivity contribution in [3.63, 3.8) is 0 Å². The summed E-state index contributed by atoms with van der Waals surface area (Å²) in [5.74, 6) is -1.86. The predicted octanol–water partition coefficient (Wildman–Crippen LogP) is 2.14. The molecule has 1 aromatic carbocycles. The van der Waals surface area contributed by atoms with E-state index in [0.29, 0.717) is 5.56 Å². The lowest BCUT2D eigenvalue weighted by atomic mass is 9.91. The Hall–Kier alpha value is -3.63. The number of nitrogens with zero attached hydrogens (tertiary/aromatic N) is 2. The number of rotatable bonds is 5. The van der Waals surface area contributed by atoms with Crippen molar-refractivity contribution >= 4 is 23.5 Å². The Morgan fingerprint density at radius 1 is 1.24 bits per heavy atom. The number of primary amides is 1. The molecular weight excluding hydrogens is 393 g/mol. The molecule has 1 saturated heterocycles. The lowest BCUT2D eigenvalue weighted by Crippen LogP contribution is -2.46. The zero-order valence-electron chi connectivity index (χ0n) is 15.0. The summed E-state index contributed by atoms with van der Waals surface area (Å²) in [6, 6.07) is 5.06. The van der Waals surface area contributed by atoms with Crippen molar-refractivity contribution in [3.05, 3.63) is 53.9 Å². The monoisotopic (exact) mass is 408 g/mol. The van der Waals surface area contributed by atoms with Crippen molar-refractivity contribution in [2.24, 2.45) is 5.73 Å². The Labute approximate surface area is 162 Å². The molecule has 1 unspecified atom stereocenters. The first kappa shape index (κ1) is 20.1. The maximum Gasteiger partial charge on any atom is 0.573 e. The molecular formula is C18H15F3N4O4.